The molecule has 1 aromatic heterocycles. The van der Waals surface area contributed by atoms with Crippen molar-refractivity contribution in [3.63, 3.8) is 0 Å². The van der Waals surface area contributed by atoms with Crippen LogP contribution in [-0.4, -0.2) is 43.3 Å². The molecule has 1 unspecified atom stereocenters. The Morgan fingerprint density at radius 1 is 1.26 bits per heavy atom. The maximum atomic E-state index is 13.0. The fourth-order valence-corrected chi connectivity index (χ4v) is 5.62. The third kappa shape index (κ3) is 4.86. The van der Waals surface area contributed by atoms with Crippen molar-refractivity contribution in [1.29, 1.82) is 0 Å². The summed E-state index contributed by atoms with van der Waals surface area (Å²) in [6, 6.07) is 4.19. The summed E-state index contributed by atoms with van der Waals surface area (Å²) >= 11 is 1.46. The monoisotopic (exact) mass is 409 g/mol. The molecule has 1 atom stereocenters. The third-order valence-electron chi connectivity index (χ3n) is 4.75. The van der Waals surface area contributed by atoms with Gasteiger partial charge in [0.1, 0.15) is 6.04 Å². The molecule has 3 rings (SSSR count). The summed E-state index contributed by atoms with van der Waals surface area (Å²) < 4.78 is 29.4. The molecule has 0 saturated carbocycles. The number of hydrogen-bond donors (Lipinski definition) is 1. The SMILES string of the molecule is Cc1nc2ccc(S(=O)(=O)NC(CC(C)C)C(=O)N3CCCCC3)cc2s1. The van der Waals surface area contributed by atoms with Crippen molar-refractivity contribution in [3.05, 3.63) is 23.2 Å². The van der Waals surface area contributed by atoms with Gasteiger partial charge in [-0.1, -0.05) is 13.8 Å². The van der Waals surface area contributed by atoms with Crippen LogP contribution in [0.25, 0.3) is 10.2 Å². The zero-order valence-corrected chi connectivity index (χ0v) is 17.7. The molecular formula is C19H27N3O3S2. The molecule has 8 heteroatoms. The van der Waals surface area contributed by atoms with Gasteiger partial charge in [-0.3, -0.25) is 4.79 Å². The van der Waals surface area contributed by atoms with Gasteiger partial charge in [-0.2, -0.15) is 4.72 Å². The summed E-state index contributed by atoms with van der Waals surface area (Å²) in [5, 5.41) is 0.894. The largest absolute Gasteiger partial charge is 0.341 e. The van der Waals surface area contributed by atoms with E-state index in [1.807, 2.05) is 20.8 Å². The van der Waals surface area contributed by atoms with Crippen molar-refractivity contribution in [2.75, 3.05) is 13.1 Å². The molecule has 1 aromatic carbocycles. The summed E-state index contributed by atoms with van der Waals surface area (Å²) in [7, 11) is -3.79. The van der Waals surface area contributed by atoms with Crippen LogP contribution in [0.2, 0.25) is 0 Å². The molecule has 1 aliphatic heterocycles. The van der Waals surface area contributed by atoms with E-state index in [0.717, 1.165) is 34.5 Å². The summed E-state index contributed by atoms with van der Waals surface area (Å²) in [6.07, 6.45) is 3.57. The second-order valence-electron chi connectivity index (χ2n) is 7.55. The van der Waals surface area contributed by atoms with Gasteiger partial charge >= 0.3 is 0 Å². The molecule has 1 amide bonds. The number of piperidine rings is 1. The van der Waals surface area contributed by atoms with Crippen molar-refractivity contribution < 1.29 is 13.2 Å². The fraction of sp³-hybridized carbons (Fsp3) is 0.579. The van der Waals surface area contributed by atoms with Crippen LogP contribution < -0.4 is 4.72 Å². The Balaban J connectivity index is 1.84. The van der Waals surface area contributed by atoms with Crippen LogP contribution in [0.3, 0.4) is 0 Å². The lowest BCUT2D eigenvalue weighted by molar-refractivity contribution is -0.134. The number of carbonyl (C=O) groups excluding carboxylic acids is 1. The number of likely N-dealkylation sites (tertiary alicyclic amines) is 1. The summed E-state index contributed by atoms with van der Waals surface area (Å²) in [6.45, 7) is 7.31. The Labute approximate surface area is 165 Å². The number of nitrogens with zero attached hydrogens (tertiary/aromatic N) is 2. The van der Waals surface area contributed by atoms with Crippen molar-refractivity contribution in [1.82, 2.24) is 14.6 Å². The molecule has 0 spiro atoms. The number of hydrogen-bond acceptors (Lipinski definition) is 5. The predicted octanol–water partition coefficient (Wildman–Crippen LogP) is 3.31. The highest BCUT2D eigenvalue weighted by Gasteiger charge is 2.30. The first-order valence-corrected chi connectivity index (χ1v) is 11.7. The smallest absolute Gasteiger partial charge is 0.241 e. The van der Waals surface area contributed by atoms with Gasteiger partial charge in [0.25, 0.3) is 0 Å². The molecule has 6 nitrogen and oxygen atoms in total. The van der Waals surface area contributed by atoms with E-state index < -0.39 is 16.1 Å². The Kier molecular flexibility index (Phi) is 6.18. The minimum atomic E-state index is -3.79. The topological polar surface area (TPSA) is 79.4 Å². The van der Waals surface area contributed by atoms with E-state index in [4.69, 9.17) is 0 Å². The number of rotatable bonds is 6. The maximum Gasteiger partial charge on any atom is 0.241 e. The lowest BCUT2D eigenvalue weighted by Crippen LogP contribution is -2.50. The van der Waals surface area contributed by atoms with E-state index in [1.165, 1.54) is 11.3 Å². The number of amides is 1. The Hall–Kier alpha value is -1.51. The number of sulfonamides is 1. The second-order valence-corrected chi connectivity index (χ2v) is 10.5. The predicted molar refractivity (Wildman–Crippen MR) is 108 cm³/mol. The average molecular weight is 410 g/mol. The van der Waals surface area contributed by atoms with E-state index in [-0.39, 0.29) is 16.7 Å². The zero-order valence-electron chi connectivity index (χ0n) is 16.1. The average Bonchev–Trinajstić information content (AvgIpc) is 3.00. The van der Waals surface area contributed by atoms with Gasteiger partial charge in [0.05, 0.1) is 20.1 Å². The number of nitrogens with one attached hydrogen (secondary N) is 1. The minimum Gasteiger partial charge on any atom is -0.341 e. The summed E-state index contributed by atoms with van der Waals surface area (Å²) in [5.41, 5.74) is 0.791. The van der Waals surface area contributed by atoms with Gasteiger partial charge in [0, 0.05) is 13.1 Å². The normalized spacial score (nSPS) is 16.8. The van der Waals surface area contributed by atoms with Crippen LogP contribution >= 0.6 is 11.3 Å². The molecule has 1 N–H and O–H groups in total. The van der Waals surface area contributed by atoms with E-state index >= 15 is 0 Å². The van der Waals surface area contributed by atoms with Crippen molar-refractivity contribution in [2.45, 2.75) is 57.4 Å². The molecule has 1 aliphatic rings. The molecule has 0 radical (unpaired) electrons. The first-order chi connectivity index (χ1) is 12.8. The van der Waals surface area contributed by atoms with Crippen LogP contribution in [0, 0.1) is 12.8 Å². The number of aromatic nitrogens is 1. The van der Waals surface area contributed by atoms with E-state index in [9.17, 15) is 13.2 Å². The number of benzene rings is 1. The number of aryl methyl sites for hydroxylation is 1. The van der Waals surface area contributed by atoms with Crippen molar-refractivity contribution in [2.24, 2.45) is 5.92 Å². The first kappa shape index (κ1) is 20.2. The van der Waals surface area contributed by atoms with Crippen LogP contribution in [-0.2, 0) is 14.8 Å². The van der Waals surface area contributed by atoms with Gasteiger partial charge in [0.2, 0.25) is 15.9 Å². The Morgan fingerprint density at radius 2 is 1.96 bits per heavy atom. The Bertz CT molecular complexity index is 915. The molecule has 27 heavy (non-hydrogen) atoms. The Morgan fingerprint density at radius 3 is 2.63 bits per heavy atom. The second kappa shape index (κ2) is 8.24. The van der Waals surface area contributed by atoms with Gasteiger partial charge in [-0.15, -0.1) is 11.3 Å². The molecule has 2 aromatic rings. The molecule has 148 valence electrons. The minimum absolute atomic E-state index is 0.110. The van der Waals surface area contributed by atoms with E-state index in [2.05, 4.69) is 9.71 Å². The molecule has 1 fully saturated rings. The highest BCUT2D eigenvalue weighted by atomic mass is 32.2. The number of carbonyl (C=O) groups is 1. The number of fused-ring (bicyclic) bond motifs is 1. The van der Waals surface area contributed by atoms with Crippen LogP contribution in [0.1, 0.15) is 44.5 Å². The molecule has 1 saturated heterocycles. The molecule has 2 heterocycles. The highest BCUT2D eigenvalue weighted by Crippen LogP contribution is 2.25. The van der Waals surface area contributed by atoms with Crippen molar-refractivity contribution in [3.8, 4) is 0 Å². The summed E-state index contributed by atoms with van der Waals surface area (Å²) in [4.78, 5) is 19.3. The van der Waals surface area contributed by atoms with Crippen LogP contribution in [0.15, 0.2) is 23.1 Å². The standard InChI is InChI=1S/C19H27N3O3S2/c1-13(2)11-17(19(23)22-9-5-4-6-10-22)21-27(24,25)15-7-8-16-18(12-15)26-14(3)20-16/h7-8,12-13,17,21H,4-6,9-11H2,1-3H3. The fourth-order valence-electron chi connectivity index (χ4n) is 3.45. The van der Waals surface area contributed by atoms with Gasteiger partial charge in [0.15, 0.2) is 0 Å². The lowest BCUT2D eigenvalue weighted by atomic mass is 10.0. The maximum absolute atomic E-state index is 13.0. The molecular weight excluding hydrogens is 382 g/mol. The zero-order chi connectivity index (χ0) is 19.6. The van der Waals surface area contributed by atoms with E-state index in [0.29, 0.717) is 19.5 Å². The molecule has 0 aliphatic carbocycles. The van der Waals surface area contributed by atoms with Crippen molar-refractivity contribution >= 4 is 37.5 Å². The first-order valence-electron chi connectivity index (χ1n) is 9.44. The van der Waals surface area contributed by atoms with E-state index in [1.54, 1.807) is 23.1 Å². The highest BCUT2D eigenvalue weighted by molar-refractivity contribution is 7.89. The van der Waals surface area contributed by atoms with Gasteiger partial charge in [-0.05, 0) is 56.7 Å². The third-order valence-corrected chi connectivity index (χ3v) is 7.15. The quantitative estimate of drug-likeness (QED) is 0.794. The van der Waals surface area contributed by atoms with Crippen LogP contribution in [0.5, 0.6) is 0 Å². The molecule has 0 bridgehead atoms. The summed E-state index contributed by atoms with van der Waals surface area (Å²) in [5.74, 6) is 0.0970. The lowest BCUT2D eigenvalue weighted by Gasteiger charge is -2.31. The van der Waals surface area contributed by atoms with Gasteiger partial charge < -0.3 is 4.90 Å². The van der Waals surface area contributed by atoms with Crippen LogP contribution in [0.4, 0.5) is 0 Å². The number of thiazole rings is 1. The van der Waals surface area contributed by atoms with Gasteiger partial charge in [-0.25, -0.2) is 13.4 Å².